The predicted octanol–water partition coefficient (Wildman–Crippen LogP) is 1.84. The van der Waals surface area contributed by atoms with Crippen LogP contribution in [0.1, 0.15) is 25.8 Å². The fourth-order valence-electron chi connectivity index (χ4n) is 3.02. The number of fused-ring (bicyclic) bond motifs is 1. The Morgan fingerprint density at radius 2 is 2.14 bits per heavy atom. The summed E-state index contributed by atoms with van der Waals surface area (Å²) in [6.07, 6.45) is 2.10. The molecule has 0 unspecified atom stereocenters. The maximum atomic E-state index is 12.9. The van der Waals surface area contributed by atoms with Crippen LogP contribution in [0.4, 0.5) is 5.69 Å². The Balaban J connectivity index is 1.98. The molecule has 1 aromatic rings. The molecule has 2 aliphatic heterocycles. The van der Waals surface area contributed by atoms with E-state index in [1.54, 1.807) is 16.4 Å². The molecule has 2 aliphatic rings. The second kappa shape index (κ2) is 5.26. The van der Waals surface area contributed by atoms with Gasteiger partial charge in [0.25, 0.3) is 0 Å². The van der Waals surface area contributed by atoms with E-state index >= 15 is 0 Å². The van der Waals surface area contributed by atoms with E-state index in [-0.39, 0.29) is 0 Å². The zero-order valence-corrected chi connectivity index (χ0v) is 13.4. The lowest BCUT2D eigenvalue weighted by atomic mass is 10.0. The molecule has 0 bridgehead atoms. The van der Waals surface area contributed by atoms with E-state index in [9.17, 15) is 8.42 Å². The highest BCUT2D eigenvalue weighted by Crippen LogP contribution is 2.31. The summed E-state index contributed by atoms with van der Waals surface area (Å²) in [6, 6.07) is 5.43. The van der Waals surface area contributed by atoms with Gasteiger partial charge in [-0.25, -0.2) is 8.42 Å². The fraction of sp³-hybridized carbons (Fsp3) is 0.600. The van der Waals surface area contributed by atoms with Crippen molar-refractivity contribution in [1.82, 2.24) is 4.31 Å². The van der Waals surface area contributed by atoms with Crippen molar-refractivity contribution < 1.29 is 13.2 Å². The van der Waals surface area contributed by atoms with Crippen LogP contribution in [0.3, 0.4) is 0 Å². The van der Waals surface area contributed by atoms with Crippen molar-refractivity contribution in [3.05, 3.63) is 23.8 Å². The molecule has 116 valence electrons. The molecule has 1 N–H and O–H groups in total. The molecule has 21 heavy (non-hydrogen) atoms. The minimum atomic E-state index is -3.49. The maximum absolute atomic E-state index is 12.9. The third-order valence-corrected chi connectivity index (χ3v) is 6.28. The van der Waals surface area contributed by atoms with Crippen molar-refractivity contribution in [1.29, 1.82) is 0 Å². The largest absolute Gasteiger partial charge is 0.385 e. The number of ether oxygens (including phenoxy) is 1. The van der Waals surface area contributed by atoms with Crippen LogP contribution in [-0.2, 0) is 21.2 Å². The molecular weight excluding hydrogens is 288 g/mol. The third kappa shape index (κ3) is 2.67. The van der Waals surface area contributed by atoms with Gasteiger partial charge in [-0.05, 0) is 44.4 Å². The molecule has 0 aliphatic carbocycles. The minimum Gasteiger partial charge on any atom is -0.385 e. The van der Waals surface area contributed by atoms with Gasteiger partial charge in [0, 0.05) is 18.8 Å². The second-order valence-electron chi connectivity index (χ2n) is 6.29. The number of benzene rings is 1. The van der Waals surface area contributed by atoms with Crippen LogP contribution < -0.4 is 5.32 Å². The minimum absolute atomic E-state index is 0.366. The Hall–Kier alpha value is -1.11. The number of rotatable bonds is 2. The Labute approximate surface area is 126 Å². The molecule has 0 aromatic heterocycles. The summed E-state index contributed by atoms with van der Waals surface area (Å²) in [5, 5.41) is 3.29. The van der Waals surface area contributed by atoms with Gasteiger partial charge >= 0.3 is 0 Å². The SMILES string of the molecule is CC1(C)COCCN1S(=O)(=O)c1ccc2c(c1)NCCC2. The summed E-state index contributed by atoms with van der Waals surface area (Å²) in [6.45, 7) is 5.99. The molecule has 0 amide bonds. The molecule has 6 heteroatoms. The molecule has 0 saturated carbocycles. The highest BCUT2D eigenvalue weighted by atomic mass is 32.2. The van der Waals surface area contributed by atoms with Crippen molar-refractivity contribution in [3.8, 4) is 0 Å². The lowest BCUT2D eigenvalue weighted by Gasteiger charge is -2.40. The van der Waals surface area contributed by atoms with Crippen LogP contribution in [-0.4, -0.2) is 44.6 Å². The molecule has 5 nitrogen and oxygen atoms in total. The summed E-state index contributed by atoms with van der Waals surface area (Å²) in [5.74, 6) is 0. The van der Waals surface area contributed by atoms with Crippen LogP contribution in [0.2, 0.25) is 0 Å². The number of aryl methyl sites for hydroxylation is 1. The fourth-order valence-corrected chi connectivity index (χ4v) is 4.80. The number of nitrogens with one attached hydrogen (secondary N) is 1. The Morgan fingerprint density at radius 1 is 1.33 bits per heavy atom. The lowest BCUT2D eigenvalue weighted by molar-refractivity contribution is -0.00770. The number of nitrogens with zero attached hydrogens (tertiary/aromatic N) is 1. The van der Waals surface area contributed by atoms with E-state index in [1.165, 1.54) is 5.56 Å². The second-order valence-corrected chi connectivity index (χ2v) is 8.15. The van der Waals surface area contributed by atoms with Crippen molar-refractivity contribution in [2.75, 3.05) is 31.6 Å². The summed E-state index contributed by atoms with van der Waals surface area (Å²) in [7, 11) is -3.49. The first-order valence-corrected chi connectivity index (χ1v) is 8.83. The summed E-state index contributed by atoms with van der Waals surface area (Å²) >= 11 is 0. The van der Waals surface area contributed by atoms with Crippen molar-refractivity contribution in [2.24, 2.45) is 0 Å². The van der Waals surface area contributed by atoms with E-state index < -0.39 is 15.6 Å². The highest BCUT2D eigenvalue weighted by molar-refractivity contribution is 7.89. The lowest BCUT2D eigenvalue weighted by Crippen LogP contribution is -2.55. The standard InChI is InChI=1S/C15H22N2O3S/c1-15(2)11-20-9-8-17(15)21(18,19)13-6-5-12-4-3-7-16-14(12)10-13/h5-6,10,16H,3-4,7-9,11H2,1-2H3. The molecule has 3 rings (SSSR count). The van der Waals surface area contributed by atoms with Crippen molar-refractivity contribution >= 4 is 15.7 Å². The van der Waals surface area contributed by atoms with Gasteiger partial charge in [0.2, 0.25) is 10.0 Å². The Bertz CT molecular complexity index is 640. The molecule has 0 spiro atoms. The number of hydrogen-bond acceptors (Lipinski definition) is 4. The van der Waals surface area contributed by atoms with Gasteiger partial charge in [-0.3, -0.25) is 0 Å². The number of hydrogen-bond donors (Lipinski definition) is 1. The van der Waals surface area contributed by atoms with Gasteiger partial charge in [-0.1, -0.05) is 6.07 Å². The van der Waals surface area contributed by atoms with Gasteiger partial charge < -0.3 is 10.1 Å². The first-order valence-electron chi connectivity index (χ1n) is 7.39. The summed E-state index contributed by atoms with van der Waals surface area (Å²) in [4.78, 5) is 0.366. The van der Waals surface area contributed by atoms with E-state index in [2.05, 4.69) is 5.32 Å². The van der Waals surface area contributed by atoms with E-state index in [4.69, 9.17) is 4.74 Å². The Kier molecular flexibility index (Phi) is 3.71. The quantitative estimate of drug-likeness (QED) is 0.905. The third-order valence-electron chi connectivity index (χ3n) is 4.18. The first-order chi connectivity index (χ1) is 9.91. The van der Waals surface area contributed by atoms with Crippen LogP contribution in [0.25, 0.3) is 0 Å². The predicted molar refractivity (Wildman–Crippen MR) is 82.0 cm³/mol. The maximum Gasteiger partial charge on any atom is 0.243 e. The molecule has 2 heterocycles. The zero-order valence-electron chi connectivity index (χ0n) is 12.6. The number of anilines is 1. The van der Waals surface area contributed by atoms with E-state index in [0.29, 0.717) is 24.7 Å². The van der Waals surface area contributed by atoms with Crippen LogP contribution in [0.15, 0.2) is 23.1 Å². The summed E-state index contributed by atoms with van der Waals surface area (Å²) in [5.41, 5.74) is 1.63. The molecule has 1 saturated heterocycles. The highest BCUT2D eigenvalue weighted by Gasteiger charge is 2.39. The number of sulfonamides is 1. The zero-order chi connectivity index (χ0) is 15.1. The van der Waals surface area contributed by atoms with E-state index in [1.807, 2.05) is 19.9 Å². The van der Waals surface area contributed by atoms with Crippen molar-refractivity contribution in [2.45, 2.75) is 37.1 Å². The van der Waals surface area contributed by atoms with Gasteiger partial charge in [0.15, 0.2) is 0 Å². The molecular formula is C15H22N2O3S. The number of morpholine rings is 1. The van der Waals surface area contributed by atoms with Gasteiger partial charge in [-0.2, -0.15) is 4.31 Å². The Morgan fingerprint density at radius 3 is 2.90 bits per heavy atom. The average molecular weight is 310 g/mol. The van der Waals surface area contributed by atoms with Gasteiger partial charge in [0.1, 0.15) is 0 Å². The molecule has 0 radical (unpaired) electrons. The molecule has 0 atom stereocenters. The molecule has 1 aromatic carbocycles. The topological polar surface area (TPSA) is 58.6 Å². The van der Waals surface area contributed by atoms with Crippen LogP contribution >= 0.6 is 0 Å². The summed E-state index contributed by atoms with van der Waals surface area (Å²) < 4.78 is 32.8. The smallest absolute Gasteiger partial charge is 0.243 e. The van der Waals surface area contributed by atoms with E-state index in [0.717, 1.165) is 25.1 Å². The van der Waals surface area contributed by atoms with Crippen LogP contribution in [0, 0.1) is 0 Å². The first kappa shape index (κ1) is 14.8. The molecule has 1 fully saturated rings. The van der Waals surface area contributed by atoms with Gasteiger partial charge in [0.05, 0.1) is 23.6 Å². The monoisotopic (exact) mass is 310 g/mol. The van der Waals surface area contributed by atoms with Gasteiger partial charge in [-0.15, -0.1) is 0 Å². The van der Waals surface area contributed by atoms with Crippen LogP contribution in [0.5, 0.6) is 0 Å². The average Bonchev–Trinajstić information content (AvgIpc) is 2.46. The van der Waals surface area contributed by atoms with Crippen molar-refractivity contribution in [3.63, 3.8) is 0 Å². The normalized spacial score (nSPS) is 22.4.